The van der Waals surface area contributed by atoms with E-state index in [2.05, 4.69) is 5.32 Å². The molecule has 0 aromatic heterocycles. The highest BCUT2D eigenvalue weighted by molar-refractivity contribution is 5.26. The molecule has 0 heterocycles. The Labute approximate surface area is 96.8 Å². The topological polar surface area (TPSA) is 21.3 Å². The monoisotopic (exact) mass is 225 g/mol. The summed E-state index contributed by atoms with van der Waals surface area (Å²) in [5, 5.41) is 3.25. The smallest absolute Gasteiger partial charge is 0.126 e. The minimum atomic E-state index is -0.143. The molecule has 0 bridgehead atoms. The second-order valence-corrected chi connectivity index (χ2v) is 3.98. The zero-order chi connectivity index (χ0) is 12.0. The Kier molecular flexibility index (Phi) is 5.43. The van der Waals surface area contributed by atoms with Crippen molar-refractivity contribution in [2.45, 2.75) is 25.8 Å². The molecule has 16 heavy (non-hydrogen) atoms. The third kappa shape index (κ3) is 3.58. The molecule has 1 atom stereocenters. The van der Waals surface area contributed by atoms with Crippen LogP contribution in [-0.4, -0.2) is 20.8 Å². The summed E-state index contributed by atoms with van der Waals surface area (Å²) in [6, 6.07) is 5.56. The van der Waals surface area contributed by atoms with E-state index in [1.807, 2.05) is 19.2 Å². The van der Waals surface area contributed by atoms with Gasteiger partial charge in [-0.1, -0.05) is 12.1 Å². The van der Waals surface area contributed by atoms with Crippen LogP contribution in [0.3, 0.4) is 0 Å². The summed E-state index contributed by atoms with van der Waals surface area (Å²) < 4.78 is 18.2. The van der Waals surface area contributed by atoms with E-state index in [-0.39, 0.29) is 11.9 Å². The first-order valence-electron chi connectivity index (χ1n) is 5.61. The Bertz CT molecular complexity index is 328. The predicted molar refractivity (Wildman–Crippen MR) is 64.0 cm³/mol. The number of benzene rings is 1. The van der Waals surface area contributed by atoms with Crippen LogP contribution in [0.2, 0.25) is 0 Å². The van der Waals surface area contributed by atoms with Crippen LogP contribution in [0.5, 0.6) is 0 Å². The molecule has 1 rings (SSSR count). The summed E-state index contributed by atoms with van der Waals surface area (Å²) in [6.45, 7) is 2.55. The number of halogens is 1. The molecule has 0 aliphatic rings. The Morgan fingerprint density at radius 3 is 2.75 bits per heavy atom. The van der Waals surface area contributed by atoms with Crippen molar-refractivity contribution in [3.63, 3.8) is 0 Å². The van der Waals surface area contributed by atoms with E-state index in [0.29, 0.717) is 5.56 Å². The van der Waals surface area contributed by atoms with Crippen LogP contribution >= 0.6 is 0 Å². The van der Waals surface area contributed by atoms with E-state index in [9.17, 15) is 4.39 Å². The van der Waals surface area contributed by atoms with Crippen molar-refractivity contribution in [2.24, 2.45) is 0 Å². The van der Waals surface area contributed by atoms with Crippen molar-refractivity contribution in [2.75, 3.05) is 20.8 Å². The first kappa shape index (κ1) is 13.1. The number of methoxy groups -OCH3 is 1. The Hall–Kier alpha value is -0.930. The largest absolute Gasteiger partial charge is 0.385 e. The van der Waals surface area contributed by atoms with Gasteiger partial charge in [0.2, 0.25) is 0 Å². The lowest BCUT2D eigenvalue weighted by atomic mass is 10.0. The standard InChI is InChI=1S/C13H20FNO/c1-10-9-11(6-7-12(10)14)13(15-2)5-4-8-16-3/h6-7,9,13,15H,4-5,8H2,1-3H3. The van der Waals surface area contributed by atoms with Gasteiger partial charge in [0.1, 0.15) is 5.82 Å². The van der Waals surface area contributed by atoms with Crippen molar-refractivity contribution in [3.05, 3.63) is 35.1 Å². The fraction of sp³-hybridized carbons (Fsp3) is 0.538. The van der Waals surface area contributed by atoms with Gasteiger partial charge in [-0.3, -0.25) is 0 Å². The third-order valence-electron chi connectivity index (χ3n) is 2.77. The molecule has 1 unspecified atom stereocenters. The molecule has 0 amide bonds. The normalized spacial score (nSPS) is 12.8. The predicted octanol–water partition coefficient (Wildman–Crippen LogP) is 2.82. The molecule has 0 aliphatic heterocycles. The molecule has 0 aliphatic carbocycles. The summed E-state index contributed by atoms with van der Waals surface area (Å²) in [5.41, 5.74) is 1.84. The van der Waals surface area contributed by atoms with Crippen molar-refractivity contribution in [1.29, 1.82) is 0 Å². The van der Waals surface area contributed by atoms with Gasteiger partial charge >= 0.3 is 0 Å². The highest BCUT2D eigenvalue weighted by Crippen LogP contribution is 2.20. The Balaban J connectivity index is 2.67. The molecule has 2 nitrogen and oxygen atoms in total. The molecule has 0 fully saturated rings. The molecule has 0 saturated carbocycles. The molecular weight excluding hydrogens is 205 g/mol. The lowest BCUT2D eigenvalue weighted by Crippen LogP contribution is -2.17. The summed E-state index contributed by atoms with van der Waals surface area (Å²) >= 11 is 0. The number of aryl methyl sites for hydroxylation is 1. The maximum atomic E-state index is 13.1. The van der Waals surface area contributed by atoms with Gasteiger partial charge in [-0.05, 0) is 44.0 Å². The van der Waals surface area contributed by atoms with E-state index in [4.69, 9.17) is 4.74 Å². The van der Waals surface area contributed by atoms with Crippen LogP contribution in [0.15, 0.2) is 18.2 Å². The molecule has 0 spiro atoms. The quantitative estimate of drug-likeness (QED) is 0.752. The van der Waals surface area contributed by atoms with Crippen LogP contribution in [0.25, 0.3) is 0 Å². The zero-order valence-electron chi connectivity index (χ0n) is 10.2. The maximum Gasteiger partial charge on any atom is 0.126 e. The highest BCUT2D eigenvalue weighted by atomic mass is 19.1. The van der Waals surface area contributed by atoms with E-state index < -0.39 is 0 Å². The number of hydrogen-bond donors (Lipinski definition) is 1. The van der Waals surface area contributed by atoms with Gasteiger partial charge < -0.3 is 10.1 Å². The number of nitrogens with one attached hydrogen (secondary N) is 1. The second-order valence-electron chi connectivity index (χ2n) is 3.98. The van der Waals surface area contributed by atoms with Gasteiger partial charge in [0.05, 0.1) is 0 Å². The molecule has 90 valence electrons. The Morgan fingerprint density at radius 2 is 2.19 bits per heavy atom. The van der Waals surface area contributed by atoms with E-state index >= 15 is 0 Å². The summed E-state index contributed by atoms with van der Waals surface area (Å²) in [6.07, 6.45) is 1.99. The third-order valence-corrected chi connectivity index (χ3v) is 2.77. The molecule has 3 heteroatoms. The summed E-state index contributed by atoms with van der Waals surface area (Å²) in [7, 11) is 3.63. The highest BCUT2D eigenvalue weighted by Gasteiger charge is 2.10. The summed E-state index contributed by atoms with van der Waals surface area (Å²) in [4.78, 5) is 0. The second kappa shape index (κ2) is 6.61. The summed E-state index contributed by atoms with van der Waals surface area (Å²) in [5.74, 6) is -0.143. The number of rotatable bonds is 6. The van der Waals surface area contributed by atoms with Crippen molar-refractivity contribution in [3.8, 4) is 0 Å². The van der Waals surface area contributed by atoms with Crippen LogP contribution in [0, 0.1) is 12.7 Å². The van der Waals surface area contributed by atoms with Crippen molar-refractivity contribution >= 4 is 0 Å². The number of ether oxygens (including phenoxy) is 1. The van der Waals surface area contributed by atoms with Crippen molar-refractivity contribution < 1.29 is 9.13 Å². The average molecular weight is 225 g/mol. The molecular formula is C13H20FNO. The van der Waals surface area contributed by atoms with Gasteiger partial charge in [0.25, 0.3) is 0 Å². The molecule has 1 aromatic rings. The first-order chi connectivity index (χ1) is 7.69. The molecule has 0 radical (unpaired) electrons. The van der Waals surface area contributed by atoms with Gasteiger partial charge in [0, 0.05) is 19.8 Å². The minimum absolute atomic E-state index is 0.143. The molecule has 1 N–H and O–H groups in total. The van der Waals surface area contributed by atoms with Crippen LogP contribution in [-0.2, 0) is 4.74 Å². The van der Waals surface area contributed by atoms with Gasteiger partial charge in [-0.15, -0.1) is 0 Å². The lowest BCUT2D eigenvalue weighted by Gasteiger charge is -2.17. The zero-order valence-corrected chi connectivity index (χ0v) is 10.2. The maximum absolute atomic E-state index is 13.1. The number of hydrogen-bond acceptors (Lipinski definition) is 2. The molecule has 1 aromatic carbocycles. The van der Waals surface area contributed by atoms with E-state index in [1.165, 1.54) is 6.07 Å². The van der Waals surface area contributed by atoms with Gasteiger partial charge in [-0.2, -0.15) is 0 Å². The fourth-order valence-electron chi connectivity index (χ4n) is 1.79. The SMILES string of the molecule is CNC(CCCOC)c1ccc(F)c(C)c1. The van der Waals surface area contributed by atoms with Crippen LogP contribution < -0.4 is 5.32 Å². The molecule has 0 saturated heterocycles. The van der Waals surface area contributed by atoms with Crippen LogP contribution in [0.4, 0.5) is 4.39 Å². The van der Waals surface area contributed by atoms with E-state index in [0.717, 1.165) is 25.0 Å². The first-order valence-corrected chi connectivity index (χ1v) is 5.61. The minimum Gasteiger partial charge on any atom is -0.385 e. The van der Waals surface area contributed by atoms with E-state index in [1.54, 1.807) is 14.0 Å². The lowest BCUT2D eigenvalue weighted by molar-refractivity contribution is 0.189. The van der Waals surface area contributed by atoms with Crippen molar-refractivity contribution in [1.82, 2.24) is 5.32 Å². The Morgan fingerprint density at radius 1 is 1.44 bits per heavy atom. The van der Waals surface area contributed by atoms with Gasteiger partial charge in [0.15, 0.2) is 0 Å². The fourth-order valence-corrected chi connectivity index (χ4v) is 1.79. The van der Waals surface area contributed by atoms with Gasteiger partial charge in [-0.25, -0.2) is 4.39 Å². The average Bonchev–Trinajstić information content (AvgIpc) is 2.29. The van der Waals surface area contributed by atoms with Crippen LogP contribution in [0.1, 0.15) is 30.0 Å².